The average molecular weight is 972 g/mol. The lowest BCUT2D eigenvalue weighted by Gasteiger charge is -2.41. The van der Waals surface area contributed by atoms with E-state index in [0.29, 0.717) is 25.8 Å². The highest BCUT2D eigenvalue weighted by atomic mass is 16.6. The predicted octanol–water partition coefficient (Wildman–Crippen LogP) is 7.56. The van der Waals surface area contributed by atoms with Crippen molar-refractivity contribution < 1.29 is 47.7 Å². The number of nitrogens with zero attached hydrogens (tertiary/aromatic N) is 3. The Morgan fingerprint density at radius 2 is 1.43 bits per heavy atom. The SMILES string of the molecule is CCC(C)C(C(CC(=O)N1CCCC1C(OC)C(C)C(=O)NC(Cc1ccccc1)C(=O)OCc1cccc2ccccc12)OC)N(C)C(=O)C(NC(=O)C(C(C)C)N(C)C(=O)OC(C)(C)C)C(C)C. The van der Waals surface area contributed by atoms with E-state index in [2.05, 4.69) is 10.6 Å². The lowest BCUT2D eigenvalue weighted by molar-refractivity contribution is -0.151. The molecule has 386 valence electrons. The van der Waals surface area contributed by atoms with Crippen molar-refractivity contribution in [1.29, 1.82) is 0 Å². The molecule has 0 aliphatic carbocycles. The second-order valence-electron chi connectivity index (χ2n) is 20.6. The smallest absolute Gasteiger partial charge is 0.410 e. The van der Waals surface area contributed by atoms with Gasteiger partial charge >= 0.3 is 12.1 Å². The molecule has 1 saturated heterocycles. The molecule has 1 heterocycles. The van der Waals surface area contributed by atoms with Gasteiger partial charge in [-0.25, -0.2) is 9.59 Å². The number of methoxy groups -OCH3 is 2. The Hall–Kier alpha value is -5.54. The van der Waals surface area contributed by atoms with Crippen molar-refractivity contribution in [1.82, 2.24) is 25.3 Å². The van der Waals surface area contributed by atoms with Crippen LogP contribution in [0.2, 0.25) is 0 Å². The van der Waals surface area contributed by atoms with Crippen LogP contribution in [-0.4, -0.2) is 133 Å². The quantitative estimate of drug-likeness (QED) is 0.0904. The van der Waals surface area contributed by atoms with Gasteiger partial charge < -0.3 is 39.4 Å². The minimum absolute atomic E-state index is 0.0316. The highest BCUT2D eigenvalue weighted by molar-refractivity contribution is 5.92. The molecule has 3 aromatic rings. The molecule has 70 heavy (non-hydrogen) atoms. The molecule has 1 fully saturated rings. The number of carbonyl (C=O) groups is 6. The summed E-state index contributed by atoms with van der Waals surface area (Å²) in [5.41, 5.74) is 0.931. The normalized spacial score (nSPS) is 17.4. The monoisotopic (exact) mass is 972 g/mol. The van der Waals surface area contributed by atoms with Crippen molar-refractivity contribution in [2.75, 3.05) is 34.9 Å². The Bertz CT molecular complexity index is 2210. The first kappa shape index (κ1) is 57.0. The van der Waals surface area contributed by atoms with Crippen LogP contribution in [0.4, 0.5) is 4.79 Å². The van der Waals surface area contributed by atoms with Gasteiger partial charge in [-0.05, 0) is 73.3 Å². The minimum Gasteiger partial charge on any atom is -0.459 e. The third kappa shape index (κ3) is 15.0. The first-order valence-electron chi connectivity index (χ1n) is 24.9. The third-order valence-electron chi connectivity index (χ3n) is 13.6. The van der Waals surface area contributed by atoms with Gasteiger partial charge in [0.05, 0.1) is 36.6 Å². The maximum absolute atomic E-state index is 14.6. The van der Waals surface area contributed by atoms with Crippen molar-refractivity contribution in [2.45, 2.75) is 156 Å². The third-order valence-corrected chi connectivity index (χ3v) is 13.6. The summed E-state index contributed by atoms with van der Waals surface area (Å²) in [5, 5.41) is 7.94. The summed E-state index contributed by atoms with van der Waals surface area (Å²) >= 11 is 0. The van der Waals surface area contributed by atoms with Gasteiger partial charge in [-0.3, -0.25) is 24.1 Å². The number of hydrogen-bond donors (Lipinski definition) is 2. The number of ether oxygens (including phenoxy) is 4. The van der Waals surface area contributed by atoms with E-state index >= 15 is 0 Å². The fraction of sp³-hybridized carbons (Fsp3) is 0.600. The van der Waals surface area contributed by atoms with Crippen LogP contribution in [0.3, 0.4) is 0 Å². The average Bonchev–Trinajstić information content (AvgIpc) is 3.81. The van der Waals surface area contributed by atoms with Gasteiger partial charge in [0, 0.05) is 41.3 Å². The second-order valence-corrected chi connectivity index (χ2v) is 20.6. The van der Waals surface area contributed by atoms with Crippen LogP contribution in [0.25, 0.3) is 10.8 Å². The highest BCUT2D eigenvalue weighted by Crippen LogP contribution is 2.30. The summed E-state index contributed by atoms with van der Waals surface area (Å²) in [6, 6.07) is 19.2. The minimum atomic E-state index is -0.996. The number of likely N-dealkylation sites (tertiary alicyclic amines) is 1. The van der Waals surface area contributed by atoms with Crippen molar-refractivity contribution >= 4 is 46.5 Å². The van der Waals surface area contributed by atoms with E-state index in [-0.39, 0.29) is 49.0 Å². The number of likely N-dealkylation sites (N-methyl/N-ethyl adjacent to an activating group) is 2. The van der Waals surface area contributed by atoms with Crippen LogP contribution in [0, 0.1) is 23.7 Å². The molecule has 15 heteroatoms. The van der Waals surface area contributed by atoms with Crippen molar-refractivity contribution in [2.24, 2.45) is 23.7 Å². The molecule has 15 nitrogen and oxygen atoms in total. The van der Waals surface area contributed by atoms with Gasteiger partial charge in [0.25, 0.3) is 0 Å². The van der Waals surface area contributed by atoms with Crippen molar-refractivity contribution in [3.63, 3.8) is 0 Å². The van der Waals surface area contributed by atoms with E-state index in [0.717, 1.165) is 21.9 Å². The van der Waals surface area contributed by atoms with Gasteiger partial charge in [0.15, 0.2) is 0 Å². The van der Waals surface area contributed by atoms with Crippen LogP contribution in [0.5, 0.6) is 0 Å². The lowest BCUT2D eigenvalue weighted by atomic mass is 9.89. The molecule has 3 aromatic carbocycles. The Balaban J connectivity index is 1.50. The molecule has 0 radical (unpaired) electrons. The number of benzene rings is 3. The topological polar surface area (TPSA) is 173 Å². The molecule has 1 aliphatic rings. The molecule has 2 N–H and O–H groups in total. The predicted molar refractivity (Wildman–Crippen MR) is 271 cm³/mol. The number of amides is 5. The zero-order valence-electron chi connectivity index (χ0n) is 44.2. The van der Waals surface area contributed by atoms with Crippen LogP contribution < -0.4 is 10.6 Å². The van der Waals surface area contributed by atoms with Gasteiger partial charge in [0.1, 0.15) is 30.3 Å². The van der Waals surface area contributed by atoms with Gasteiger partial charge in [-0.1, -0.05) is 128 Å². The fourth-order valence-electron chi connectivity index (χ4n) is 9.67. The molecule has 0 aromatic heterocycles. The van der Waals surface area contributed by atoms with E-state index in [4.69, 9.17) is 18.9 Å². The maximum atomic E-state index is 14.6. The first-order valence-corrected chi connectivity index (χ1v) is 24.9. The van der Waals surface area contributed by atoms with Crippen LogP contribution >= 0.6 is 0 Å². The summed E-state index contributed by atoms with van der Waals surface area (Å²) in [6.45, 7) is 18.8. The van der Waals surface area contributed by atoms with Gasteiger partial charge in [-0.2, -0.15) is 0 Å². The molecular formula is C55H81N5O10. The van der Waals surface area contributed by atoms with E-state index in [9.17, 15) is 28.8 Å². The van der Waals surface area contributed by atoms with Crippen molar-refractivity contribution in [3.8, 4) is 0 Å². The Kier molecular flexibility index (Phi) is 21.2. The van der Waals surface area contributed by atoms with E-state index in [1.807, 2.05) is 114 Å². The Morgan fingerprint density at radius 1 is 0.786 bits per heavy atom. The summed E-state index contributed by atoms with van der Waals surface area (Å²) in [4.78, 5) is 88.9. The van der Waals surface area contributed by atoms with E-state index in [1.165, 1.54) is 26.2 Å². The summed E-state index contributed by atoms with van der Waals surface area (Å²) in [7, 11) is 6.24. The van der Waals surface area contributed by atoms with Crippen molar-refractivity contribution in [3.05, 3.63) is 83.9 Å². The Labute approximate surface area is 416 Å². The molecule has 9 atom stereocenters. The van der Waals surface area contributed by atoms with Crippen LogP contribution in [-0.2, 0) is 55.9 Å². The largest absolute Gasteiger partial charge is 0.459 e. The number of esters is 1. The summed E-state index contributed by atoms with van der Waals surface area (Å²) < 4.78 is 23.6. The molecular weight excluding hydrogens is 891 g/mol. The molecule has 0 saturated carbocycles. The van der Waals surface area contributed by atoms with Crippen LogP contribution in [0.15, 0.2) is 72.8 Å². The summed E-state index contributed by atoms with van der Waals surface area (Å²) in [6.07, 6.45) is -0.0189. The molecule has 4 rings (SSSR count). The number of hydrogen-bond acceptors (Lipinski definition) is 10. The second kappa shape index (κ2) is 26.1. The first-order chi connectivity index (χ1) is 33.0. The highest BCUT2D eigenvalue weighted by Gasteiger charge is 2.44. The standard InChI is InChI=1S/C55H81N5O10/c1-15-36(6)48(58(11)52(64)46(34(2)3)57-51(63)47(35(4)5)59(12)54(66)70-55(8,9)10)44(67-13)32-45(61)60-30-22-29-43(60)49(68-14)37(7)50(62)56-42(31-38-23-17-16-18-24-38)53(65)69-33-40-27-21-26-39-25-19-20-28-41(39)40/h16-21,23-28,34-37,42-44,46-49H,15,22,29-33H2,1-14H3,(H,56,62)(H,57,63). The molecule has 5 amide bonds. The number of fused-ring (bicyclic) bond motifs is 1. The lowest BCUT2D eigenvalue weighted by Crippen LogP contribution is -2.60. The molecule has 0 spiro atoms. The van der Waals surface area contributed by atoms with Gasteiger partial charge in [-0.15, -0.1) is 0 Å². The van der Waals surface area contributed by atoms with E-state index < -0.39 is 77.8 Å². The number of rotatable bonds is 23. The molecule has 1 aliphatic heterocycles. The molecule has 9 unspecified atom stereocenters. The van der Waals surface area contributed by atoms with Crippen LogP contribution in [0.1, 0.15) is 106 Å². The zero-order chi connectivity index (χ0) is 52.0. The maximum Gasteiger partial charge on any atom is 0.410 e. The van der Waals surface area contributed by atoms with E-state index in [1.54, 1.807) is 44.5 Å². The zero-order valence-corrected chi connectivity index (χ0v) is 44.2. The van der Waals surface area contributed by atoms with Gasteiger partial charge in [0.2, 0.25) is 23.6 Å². The number of nitrogens with one attached hydrogen (secondary N) is 2. The number of carbonyl (C=O) groups excluding carboxylic acids is 6. The molecule has 0 bridgehead atoms. The summed E-state index contributed by atoms with van der Waals surface area (Å²) in [5.74, 6) is -3.56. The Morgan fingerprint density at radius 3 is 2.03 bits per heavy atom. The fourth-order valence-corrected chi connectivity index (χ4v) is 9.67.